The number of amides is 1. The van der Waals surface area contributed by atoms with Crippen molar-refractivity contribution >= 4 is 11.9 Å². The molecule has 2 rings (SSSR count). The Morgan fingerprint density at radius 3 is 2.73 bits per heavy atom. The monoisotopic (exact) mass is 312 g/mol. The predicted octanol–water partition coefficient (Wildman–Crippen LogP) is -0.0801. The second kappa shape index (κ2) is 8.33. The minimum atomic E-state index is -0.000612. The van der Waals surface area contributed by atoms with E-state index in [-0.39, 0.29) is 24.7 Å². The Bertz CT molecular complexity index is 394. The van der Waals surface area contributed by atoms with Gasteiger partial charge in [0.15, 0.2) is 5.96 Å². The SMILES string of the molecule is CCNC(=NCC(=O)N(C)C)N1CCOC(C2CCCO2)C1. The first-order chi connectivity index (χ1) is 10.6. The third kappa shape index (κ3) is 4.58. The first kappa shape index (κ1) is 17.0. The van der Waals surface area contributed by atoms with Crippen LogP contribution in [0.1, 0.15) is 19.8 Å². The fourth-order valence-corrected chi connectivity index (χ4v) is 2.70. The van der Waals surface area contributed by atoms with Crippen LogP contribution in [0.5, 0.6) is 0 Å². The average molecular weight is 312 g/mol. The van der Waals surface area contributed by atoms with Gasteiger partial charge in [0.05, 0.1) is 12.7 Å². The second-order valence-electron chi connectivity index (χ2n) is 5.87. The molecule has 2 aliphatic rings. The highest BCUT2D eigenvalue weighted by Gasteiger charge is 2.32. The third-order valence-corrected chi connectivity index (χ3v) is 3.97. The first-order valence-corrected chi connectivity index (χ1v) is 8.08. The van der Waals surface area contributed by atoms with Crippen LogP contribution in [0.3, 0.4) is 0 Å². The Balaban J connectivity index is 1.97. The van der Waals surface area contributed by atoms with Crippen molar-refractivity contribution in [3.05, 3.63) is 0 Å². The molecule has 2 atom stereocenters. The normalized spacial score (nSPS) is 26.1. The molecule has 2 heterocycles. The number of rotatable bonds is 4. The lowest BCUT2D eigenvalue weighted by atomic mass is 10.1. The van der Waals surface area contributed by atoms with Crippen molar-refractivity contribution in [1.29, 1.82) is 0 Å². The average Bonchev–Trinajstić information content (AvgIpc) is 3.05. The number of hydrogen-bond acceptors (Lipinski definition) is 4. The van der Waals surface area contributed by atoms with Gasteiger partial charge >= 0.3 is 0 Å². The van der Waals surface area contributed by atoms with Gasteiger partial charge in [-0.2, -0.15) is 0 Å². The van der Waals surface area contributed by atoms with Gasteiger partial charge in [0.1, 0.15) is 12.6 Å². The lowest BCUT2D eigenvalue weighted by Crippen LogP contribution is -2.53. The molecule has 1 amide bonds. The number of ether oxygens (including phenoxy) is 2. The summed E-state index contributed by atoms with van der Waals surface area (Å²) in [7, 11) is 3.49. The maximum absolute atomic E-state index is 11.7. The van der Waals surface area contributed by atoms with Crippen molar-refractivity contribution in [1.82, 2.24) is 15.1 Å². The van der Waals surface area contributed by atoms with E-state index in [4.69, 9.17) is 9.47 Å². The standard InChI is InChI=1S/C15H28N4O3/c1-4-16-15(17-10-14(20)18(2)3)19-7-9-22-13(11-19)12-6-5-8-21-12/h12-13H,4-11H2,1-3H3,(H,16,17). The number of hydrogen-bond donors (Lipinski definition) is 1. The number of likely N-dealkylation sites (N-methyl/N-ethyl adjacent to an activating group) is 1. The highest BCUT2D eigenvalue weighted by Crippen LogP contribution is 2.21. The number of nitrogens with zero attached hydrogens (tertiary/aromatic N) is 3. The van der Waals surface area contributed by atoms with Crippen molar-refractivity contribution in [2.24, 2.45) is 4.99 Å². The van der Waals surface area contributed by atoms with Crippen molar-refractivity contribution in [2.75, 3.05) is 53.5 Å². The number of nitrogens with one attached hydrogen (secondary N) is 1. The van der Waals surface area contributed by atoms with E-state index in [2.05, 4.69) is 15.2 Å². The topological polar surface area (TPSA) is 66.4 Å². The van der Waals surface area contributed by atoms with E-state index in [9.17, 15) is 4.79 Å². The van der Waals surface area contributed by atoms with Gasteiger partial charge in [-0.15, -0.1) is 0 Å². The summed E-state index contributed by atoms with van der Waals surface area (Å²) in [5, 5.41) is 3.27. The number of aliphatic imine (C=N–C) groups is 1. The highest BCUT2D eigenvalue weighted by molar-refractivity contribution is 5.84. The van der Waals surface area contributed by atoms with Crippen LogP contribution in [0.25, 0.3) is 0 Å². The summed E-state index contributed by atoms with van der Waals surface area (Å²) in [4.78, 5) is 19.9. The van der Waals surface area contributed by atoms with Gasteiger partial charge < -0.3 is 24.6 Å². The molecule has 126 valence electrons. The Labute approximate surface area is 132 Å². The molecule has 0 aromatic heterocycles. The maximum atomic E-state index is 11.7. The fourth-order valence-electron chi connectivity index (χ4n) is 2.70. The molecular formula is C15H28N4O3. The molecule has 0 radical (unpaired) electrons. The molecule has 1 N–H and O–H groups in total. The molecule has 2 unspecified atom stereocenters. The minimum absolute atomic E-state index is 0.000612. The van der Waals surface area contributed by atoms with Crippen LogP contribution in [0.15, 0.2) is 4.99 Å². The number of guanidine groups is 1. The Morgan fingerprint density at radius 2 is 2.09 bits per heavy atom. The fraction of sp³-hybridized carbons (Fsp3) is 0.867. The summed E-state index contributed by atoms with van der Waals surface area (Å²) >= 11 is 0. The summed E-state index contributed by atoms with van der Waals surface area (Å²) < 4.78 is 11.6. The molecule has 0 saturated carbocycles. The Morgan fingerprint density at radius 1 is 1.32 bits per heavy atom. The van der Waals surface area contributed by atoms with Crippen LogP contribution in [0.2, 0.25) is 0 Å². The van der Waals surface area contributed by atoms with Crippen LogP contribution in [0, 0.1) is 0 Å². The molecule has 2 saturated heterocycles. The van der Waals surface area contributed by atoms with Gasteiger partial charge in [0.25, 0.3) is 0 Å². The molecule has 7 heteroatoms. The highest BCUT2D eigenvalue weighted by atomic mass is 16.5. The molecular weight excluding hydrogens is 284 g/mol. The Kier molecular flexibility index (Phi) is 6.45. The summed E-state index contributed by atoms with van der Waals surface area (Å²) in [6.45, 7) is 6.00. The second-order valence-corrected chi connectivity index (χ2v) is 5.87. The number of carbonyl (C=O) groups excluding carboxylic acids is 1. The zero-order valence-electron chi connectivity index (χ0n) is 13.9. The third-order valence-electron chi connectivity index (χ3n) is 3.97. The molecule has 22 heavy (non-hydrogen) atoms. The van der Waals surface area contributed by atoms with E-state index in [1.165, 1.54) is 0 Å². The van der Waals surface area contributed by atoms with Crippen molar-refractivity contribution < 1.29 is 14.3 Å². The van der Waals surface area contributed by atoms with Gasteiger partial charge in [-0.25, -0.2) is 4.99 Å². The van der Waals surface area contributed by atoms with Gasteiger partial charge in [-0.1, -0.05) is 0 Å². The van der Waals surface area contributed by atoms with E-state index in [1.54, 1.807) is 19.0 Å². The predicted molar refractivity (Wildman–Crippen MR) is 85.0 cm³/mol. The van der Waals surface area contributed by atoms with Gasteiger partial charge in [0, 0.05) is 40.3 Å². The van der Waals surface area contributed by atoms with Gasteiger partial charge in [0.2, 0.25) is 5.91 Å². The van der Waals surface area contributed by atoms with E-state index in [0.29, 0.717) is 6.61 Å². The molecule has 2 fully saturated rings. The van der Waals surface area contributed by atoms with E-state index in [0.717, 1.165) is 45.0 Å². The van der Waals surface area contributed by atoms with Gasteiger partial charge in [-0.3, -0.25) is 4.79 Å². The van der Waals surface area contributed by atoms with Crippen molar-refractivity contribution in [2.45, 2.75) is 32.0 Å². The summed E-state index contributed by atoms with van der Waals surface area (Å²) in [6, 6.07) is 0. The molecule has 0 aromatic carbocycles. The zero-order chi connectivity index (χ0) is 15.9. The van der Waals surface area contributed by atoms with Crippen LogP contribution in [-0.2, 0) is 14.3 Å². The van der Waals surface area contributed by atoms with Gasteiger partial charge in [-0.05, 0) is 19.8 Å². The number of carbonyl (C=O) groups is 1. The smallest absolute Gasteiger partial charge is 0.243 e. The zero-order valence-corrected chi connectivity index (χ0v) is 13.9. The Hall–Kier alpha value is -1.34. The largest absolute Gasteiger partial charge is 0.375 e. The van der Waals surface area contributed by atoms with Crippen molar-refractivity contribution in [3.8, 4) is 0 Å². The minimum Gasteiger partial charge on any atom is -0.375 e. The molecule has 7 nitrogen and oxygen atoms in total. The van der Waals surface area contributed by atoms with Crippen LogP contribution >= 0.6 is 0 Å². The quantitative estimate of drug-likeness (QED) is 0.581. The molecule has 0 aliphatic carbocycles. The molecule has 0 aromatic rings. The number of morpholine rings is 1. The summed E-state index contributed by atoms with van der Waals surface area (Å²) in [5.41, 5.74) is 0. The van der Waals surface area contributed by atoms with E-state index < -0.39 is 0 Å². The molecule has 0 bridgehead atoms. The van der Waals surface area contributed by atoms with Crippen LogP contribution in [0.4, 0.5) is 0 Å². The first-order valence-electron chi connectivity index (χ1n) is 8.08. The maximum Gasteiger partial charge on any atom is 0.243 e. The molecule has 0 spiro atoms. The molecule has 2 aliphatic heterocycles. The van der Waals surface area contributed by atoms with E-state index in [1.807, 2.05) is 6.92 Å². The lowest BCUT2D eigenvalue weighted by Gasteiger charge is -2.37. The van der Waals surface area contributed by atoms with Crippen LogP contribution < -0.4 is 5.32 Å². The van der Waals surface area contributed by atoms with Crippen molar-refractivity contribution in [3.63, 3.8) is 0 Å². The summed E-state index contributed by atoms with van der Waals surface area (Å²) in [5.74, 6) is 0.781. The summed E-state index contributed by atoms with van der Waals surface area (Å²) in [6.07, 6.45) is 2.44. The van der Waals surface area contributed by atoms with E-state index >= 15 is 0 Å². The van der Waals surface area contributed by atoms with Crippen LogP contribution in [-0.4, -0.2) is 87.4 Å². The lowest BCUT2D eigenvalue weighted by molar-refractivity contribution is -0.127.